The van der Waals surface area contributed by atoms with Gasteiger partial charge in [-0.05, 0) is 0 Å². The lowest BCUT2D eigenvalue weighted by molar-refractivity contribution is -0.387. The lowest BCUT2D eigenvalue weighted by Crippen LogP contribution is -1.91. The van der Waals surface area contributed by atoms with E-state index in [9.17, 15) is 14.5 Å². The molecule has 0 heterocycles. The van der Waals surface area contributed by atoms with Crippen molar-refractivity contribution in [2.24, 2.45) is 0 Å². The van der Waals surface area contributed by atoms with Crippen LogP contribution in [0.2, 0.25) is 0 Å². The maximum Gasteiger partial charge on any atom is 0.308 e. The molecule has 0 spiro atoms. The van der Waals surface area contributed by atoms with Gasteiger partial charge in [0, 0.05) is 6.07 Å². The third kappa shape index (κ3) is 1.26. The van der Waals surface area contributed by atoms with Gasteiger partial charge in [-0.15, -0.1) is 0 Å². The number of aromatic hydroxyl groups is 2. The number of nitrogens with zero attached hydrogens (tertiary/aromatic N) is 1. The number of hydrogen-bond donors (Lipinski definition) is 2. The lowest BCUT2D eigenvalue weighted by atomic mass is 10.2. The molecule has 0 aromatic heterocycles. The number of phenols is 2. The second kappa shape index (κ2) is 2.65. The van der Waals surface area contributed by atoms with Crippen molar-refractivity contribution in [3.8, 4) is 11.5 Å². The Morgan fingerprint density at radius 3 is 2.33 bits per heavy atom. The van der Waals surface area contributed by atoms with Crippen LogP contribution < -0.4 is 0 Å². The second-order valence-electron chi connectivity index (χ2n) is 2.05. The topological polar surface area (TPSA) is 83.6 Å². The van der Waals surface area contributed by atoms with Crippen LogP contribution in [-0.2, 0) is 0 Å². The van der Waals surface area contributed by atoms with Gasteiger partial charge in [-0.1, -0.05) is 0 Å². The Bertz CT molecular complexity index is 339. The molecule has 1 rings (SSSR count). The molecule has 64 valence electrons. The standard InChI is InChI=1S/C6H4FNO4/c7-3-1-5(9)6(10)2-4(3)8(11)12/h1-2,9-10H. The van der Waals surface area contributed by atoms with Crippen molar-refractivity contribution < 1.29 is 19.5 Å². The zero-order valence-electron chi connectivity index (χ0n) is 5.69. The molecule has 0 saturated carbocycles. The van der Waals surface area contributed by atoms with E-state index in [1.807, 2.05) is 0 Å². The monoisotopic (exact) mass is 173 g/mol. The maximum absolute atomic E-state index is 12.6. The normalized spacial score (nSPS) is 9.75. The first kappa shape index (κ1) is 8.25. The summed E-state index contributed by atoms with van der Waals surface area (Å²) in [6.07, 6.45) is 0. The molecule has 5 nitrogen and oxygen atoms in total. The summed E-state index contributed by atoms with van der Waals surface area (Å²) in [5.41, 5.74) is -0.870. The fourth-order valence-corrected chi connectivity index (χ4v) is 0.680. The van der Waals surface area contributed by atoms with E-state index in [0.29, 0.717) is 12.1 Å². The van der Waals surface area contributed by atoms with E-state index in [-0.39, 0.29) is 0 Å². The van der Waals surface area contributed by atoms with Crippen molar-refractivity contribution in [3.05, 3.63) is 28.1 Å². The van der Waals surface area contributed by atoms with Crippen molar-refractivity contribution in [1.82, 2.24) is 0 Å². The number of hydrogen-bond acceptors (Lipinski definition) is 4. The molecule has 0 amide bonds. The molecule has 0 atom stereocenters. The van der Waals surface area contributed by atoms with Crippen LogP contribution in [0.15, 0.2) is 12.1 Å². The number of rotatable bonds is 1. The zero-order valence-corrected chi connectivity index (χ0v) is 5.69. The van der Waals surface area contributed by atoms with Crippen molar-refractivity contribution in [2.45, 2.75) is 0 Å². The molecule has 2 N–H and O–H groups in total. The van der Waals surface area contributed by atoms with Gasteiger partial charge in [-0.25, -0.2) is 0 Å². The van der Waals surface area contributed by atoms with Gasteiger partial charge < -0.3 is 10.2 Å². The number of halogens is 1. The third-order valence-corrected chi connectivity index (χ3v) is 1.24. The summed E-state index contributed by atoms with van der Waals surface area (Å²) in [6.45, 7) is 0. The van der Waals surface area contributed by atoms with E-state index in [4.69, 9.17) is 10.2 Å². The Morgan fingerprint density at radius 2 is 1.83 bits per heavy atom. The van der Waals surface area contributed by atoms with Crippen LogP contribution in [0.3, 0.4) is 0 Å². The number of nitro groups is 1. The van der Waals surface area contributed by atoms with Gasteiger partial charge >= 0.3 is 5.69 Å². The summed E-state index contributed by atoms with van der Waals surface area (Å²) >= 11 is 0. The van der Waals surface area contributed by atoms with E-state index >= 15 is 0 Å². The molecule has 0 aliphatic carbocycles. The van der Waals surface area contributed by atoms with Crippen LogP contribution in [0.1, 0.15) is 0 Å². The average molecular weight is 173 g/mol. The van der Waals surface area contributed by atoms with Crippen LogP contribution in [0.5, 0.6) is 11.5 Å². The Balaban J connectivity index is 3.33. The van der Waals surface area contributed by atoms with Gasteiger partial charge in [0.15, 0.2) is 11.5 Å². The first-order valence-corrected chi connectivity index (χ1v) is 2.88. The van der Waals surface area contributed by atoms with Crippen LogP contribution in [0.25, 0.3) is 0 Å². The largest absolute Gasteiger partial charge is 0.504 e. The average Bonchev–Trinajstić information content (AvgIpc) is 1.96. The molecule has 0 fully saturated rings. The molecule has 0 aliphatic rings. The highest BCUT2D eigenvalue weighted by atomic mass is 19.1. The lowest BCUT2D eigenvalue weighted by Gasteiger charge is -1.97. The fourth-order valence-electron chi connectivity index (χ4n) is 0.680. The number of benzene rings is 1. The first-order chi connectivity index (χ1) is 5.52. The van der Waals surface area contributed by atoms with Crippen molar-refractivity contribution in [1.29, 1.82) is 0 Å². The minimum atomic E-state index is -1.18. The molecule has 6 heteroatoms. The molecule has 0 unspecified atom stereocenters. The van der Waals surface area contributed by atoms with Crippen molar-refractivity contribution in [3.63, 3.8) is 0 Å². The van der Waals surface area contributed by atoms with Gasteiger partial charge in [-0.3, -0.25) is 10.1 Å². The molecule has 0 saturated heterocycles. The van der Waals surface area contributed by atoms with Gasteiger partial charge in [0.1, 0.15) is 0 Å². The molecule has 1 aromatic rings. The van der Waals surface area contributed by atoms with Crippen LogP contribution in [0, 0.1) is 15.9 Å². The maximum atomic E-state index is 12.6. The van der Waals surface area contributed by atoms with Gasteiger partial charge in [-0.2, -0.15) is 4.39 Å². The highest BCUT2D eigenvalue weighted by Crippen LogP contribution is 2.31. The summed E-state index contributed by atoms with van der Waals surface area (Å²) in [5, 5.41) is 27.5. The molecule has 12 heavy (non-hydrogen) atoms. The second-order valence-corrected chi connectivity index (χ2v) is 2.05. The third-order valence-electron chi connectivity index (χ3n) is 1.24. The summed E-state index contributed by atoms with van der Waals surface area (Å²) in [7, 11) is 0. The van der Waals surface area contributed by atoms with Gasteiger partial charge in [0.25, 0.3) is 0 Å². The molecular weight excluding hydrogens is 169 g/mol. The molecule has 0 bridgehead atoms. The summed E-state index contributed by atoms with van der Waals surface area (Å²) in [6, 6.07) is 1.03. The van der Waals surface area contributed by atoms with Crippen LogP contribution in [-0.4, -0.2) is 15.1 Å². The summed E-state index contributed by atoms with van der Waals surface area (Å²) in [5.74, 6) is -2.63. The van der Waals surface area contributed by atoms with E-state index in [2.05, 4.69) is 0 Å². The molecule has 0 aliphatic heterocycles. The van der Waals surface area contributed by atoms with Gasteiger partial charge in [0.05, 0.1) is 11.0 Å². The predicted molar refractivity (Wildman–Crippen MR) is 36.4 cm³/mol. The van der Waals surface area contributed by atoms with E-state index in [0.717, 1.165) is 0 Å². The van der Waals surface area contributed by atoms with Crippen LogP contribution in [0.4, 0.5) is 10.1 Å². The fraction of sp³-hybridized carbons (Fsp3) is 0. The molecule has 0 radical (unpaired) electrons. The molecular formula is C6H4FNO4. The van der Waals surface area contributed by atoms with E-state index in [1.165, 1.54) is 0 Å². The molecule has 1 aromatic carbocycles. The summed E-state index contributed by atoms with van der Waals surface area (Å²) < 4.78 is 12.6. The zero-order chi connectivity index (χ0) is 9.30. The Morgan fingerprint density at radius 1 is 1.33 bits per heavy atom. The Labute approximate surface area is 65.8 Å². The predicted octanol–water partition coefficient (Wildman–Crippen LogP) is 1.15. The Kier molecular flexibility index (Phi) is 1.82. The smallest absolute Gasteiger partial charge is 0.308 e. The summed E-state index contributed by atoms with van der Waals surface area (Å²) in [4.78, 5) is 9.07. The van der Waals surface area contributed by atoms with Crippen molar-refractivity contribution >= 4 is 5.69 Å². The highest BCUT2D eigenvalue weighted by molar-refractivity contribution is 5.47. The van der Waals surface area contributed by atoms with Crippen molar-refractivity contribution in [2.75, 3.05) is 0 Å². The minimum absolute atomic E-state index is 0.480. The number of nitro benzene ring substituents is 1. The quantitative estimate of drug-likeness (QED) is 0.379. The van der Waals surface area contributed by atoms with E-state index < -0.39 is 27.9 Å². The van der Waals surface area contributed by atoms with E-state index in [1.54, 1.807) is 0 Å². The highest BCUT2D eigenvalue weighted by Gasteiger charge is 2.17. The minimum Gasteiger partial charge on any atom is -0.504 e. The van der Waals surface area contributed by atoms with Gasteiger partial charge in [0.2, 0.25) is 5.82 Å². The SMILES string of the molecule is O=[N+]([O-])c1cc(O)c(O)cc1F. The first-order valence-electron chi connectivity index (χ1n) is 2.88. The Hall–Kier alpha value is -1.85. The number of phenolic OH excluding ortho intramolecular Hbond substituents is 2. The van der Waals surface area contributed by atoms with Crippen LogP contribution >= 0.6 is 0 Å².